The van der Waals surface area contributed by atoms with Crippen LogP contribution in [-0.2, 0) is 11.3 Å². The Morgan fingerprint density at radius 2 is 2.00 bits per heavy atom. The van der Waals surface area contributed by atoms with Crippen LogP contribution in [-0.4, -0.2) is 36.8 Å². The lowest BCUT2D eigenvalue weighted by atomic mass is 9.86. The molecule has 0 amide bonds. The second-order valence-corrected chi connectivity index (χ2v) is 5.82. The maximum Gasteiger partial charge on any atom is 0.0941 e. The highest BCUT2D eigenvalue weighted by Crippen LogP contribution is 2.24. The van der Waals surface area contributed by atoms with Crippen LogP contribution in [0.2, 0.25) is 0 Å². The highest BCUT2D eigenvalue weighted by Gasteiger charge is 2.14. The number of aliphatic hydroxyl groups is 1. The van der Waals surface area contributed by atoms with Gasteiger partial charge in [-0.25, -0.2) is 0 Å². The van der Waals surface area contributed by atoms with Crippen molar-refractivity contribution in [2.75, 3.05) is 26.8 Å². The molecule has 3 nitrogen and oxygen atoms in total. The Morgan fingerprint density at radius 3 is 2.43 bits per heavy atom. The van der Waals surface area contributed by atoms with E-state index in [4.69, 9.17) is 9.84 Å². The third-order valence-corrected chi connectivity index (χ3v) is 4.25. The molecule has 3 heteroatoms. The summed E-state index contributed by atoms with van der Waals surface area (Å²) in [5.41, 5.74) is 1.38. The van der Waals surface area contributed by atoms with E-state index in [1.165, 1.54) is 24.8 Å². The maximum atomic E-state index is 8.39. The predicted molar refractivity (Wildman–Crippen MR) is 85.9 cm³/mol. The third-order valence-electron chi connectivity index (χ3n) is 4.25. The molecule has 1 N–H and O–H groups in total. The number of ether oxygens (including phenoxy) is 1. The van der Waals surface area contributed by atoms with E-state index in [0.29, 0.717) is 12.5 Å². The van der Waals surface area contributed by atoms with Gasteiger partial charge in [0.05, 0.1) is 12.9 Å². The minimum Gasteiger partial charge on any atom is -0.501 e. The van der Waals surface area contributed by atoms with Gasteiger partial charge in [0, 0.05) is 32.7 Å². The van der Waals surface area contributed by atoms with Crippen LogP contribution in [0.4, 0.5) is 0 Å². The standard InChI is InChI=1S/C13H17NO.C5H10O/c1-15-13-7-9-14(10-8-13)11-12-5-3-2-4-6-12;6-4-5-2-1-3-5/h2-7H,8-11H2,1H3;5-6H,1-4H2. The molecule has 3 rings (SSSR count). The molecule has 2 aliphatic rings. The fraction of sp³-hybridized carbons (Fsp3) is 0.556. The number of rotatable bonds is 4. The molecule has 0 bridgehead atoms. The number of methoxy groups -OCH3 is 1. The van der Waals surface area contributed by atoms with Crippen molar-refractivity contribution in [3.8, 4) is 0 Å². The second kappa shape index (κ2) is 8.85. The highest BCUT2D eigenvalue weighted by atomic mass is 16.5. The summed E-state index contributed by atoms with van der Waals surface area (Å²) in [6, 6.07) is 10.6. The Kier molecular flexibility index (Phi) is 6.77. The lowest BCUT2D eigenvalue weighted by Gasteiger charge is -2.25. The minimum atomic E-state index is 0.417. The lowest BCUT2D eigenvalue weighted by Crippen LogP contribution is -2.28. The predicted octanol–water partition coefficient (Wildman–Crippen LogP) is 3.20. The summed E-state index contributed by atoms with van der Waals surface area (Å²) in [6.45, 7) is 3.54. The van der Waals surface area contributed by atoms with Crippen molar-refractivity contribution in [1.29, 1.82) is 0 Å². The van der Waals surface area contributed by atoms with E-state index < -0.39 is 0 Å². The van der Waals surface area contributed by atoms with Gasteiger partial charge in [0.1, 0.15) is 0 Å². The molecule has 1 aromatic carbocycles. The Hall–Kier alpha value is -1.32. The van der Waals surface area contributed by atoms with Crippen molar-refractivity contribution < 1.29 is 9.84 Å². The number of benzene rings is 1. The molecule has 0 spiro atoms. The quantitative estimate of drug-likeness (QED) is 0.924. The van der Waals surface area contributed by atoms with Gasteiger partial charge in [-0.2, -0.15) is 0 Å². The van der Waals surface area contributed by atoms with Crippen LogP contribution in [0, 0.1) is 5.92 Å². The van der Waals surface area contributed by atoms with Gasteiger partial charge in [0.2, 0.25) is 0 Å². The SMILES string of the molecule is COC1=CCN(Cc2ccccc2)CC1.OCC1CCC1. The van der Waals surface area contributed by atoms with Gasteiger partial charge in [-0.1, -0.05) is 36.8 Å². The number of aliphatic hydroxyl groups excluding tert-OH is 1. The summed E-state index contributed by atoms with van der Waals surface area (Å²) in [7, 11) is 1.75. The minimum absolute atomic E-state index is 0.417. The number of hydrogen-bond donors (Lipinski definition) is 1. The van der Waals surface area contributed by atoms with Crippen molar-refractivity contribution >= 4 is 0 Å². The van der Waals surface area contributed by atoms with Gasteiger partial charge in [-0.05, 0) is 30.4 Å². The van der Waals surface area contributed by atoms with Gasteiger partial charge in [-0.15, -0.1) is 0 Å². The van der Waals surface area contributed by atoms with E-state index in [-0.39, 0.29) is 0 Å². The monoisotopic (exact) mass is 289 g/mol. The average Bonchev–Trinajstić information content (AvgIpc) is 2.49. The molecule has 1 aromatic rings. The van der Waals surface area contributed by atoms with Crippen LogP contribution in [0.3, 0.4) is 0 Å². The molecule has 1 aliphatic heterocycles. The van der Waals surface area contributed by atoms with Crippen LogP contribution in [0.15, 0.2) is 42.2 Å². The molecule has 21 heavy (non-hydrogen) atoms. The molecule has 116 valence electrons. The largest absolute Gasteiger partial charge is 0.501 e. The molecule has 1 heterocycles. The zero-order chi connectivity index (χ0) is 14.9. The highest BCUT2D eigenvalue weighted by molar-refractivity contribution is 5.15. The van der Waals surface area contributed by atoms with E-state index in [0.717, 1.165) is 31.8 Å². The fourth-order valence-corrected chi connectivity index (χ4v) is 2.54. The van der Waals surface area contributed by atoms with Crippen LogP contribution in [0.25, 0.3) is 0 Å². The smallest absolute Gasteiger partial charge is 0.0941 e. The normalized spacial score (nSPS) is 19.0. The molecule has 0 atom stereocenters. The first kappa shape index (κ1) is 16.1. The van der Waals surface area contributed by atoms with Gasteiger partial charge in [-0.3, -0.25) is 4.90 Å². The van der Waals surface area contributed by atoms with Crippen molar-refractivity contribution in [3.63, 3.8) is 0 Å². The molecule has 1 aliphatic carbocycles. The second-order valence-electron chi connectivity index (χ2n) is 5.82. The number of hydrogen-bond acceptors (Lipinski definition) is 3. The first-order valence-corrected chi connectivity index (χ1v) is 7.92. The first-order valence-electron chi connectivity index (χ1n) is 7.92. The summed E-state index contributed by atoms with van der Waals surface area (Å²) in [4.78, 5) is 2.43. The van der Waals surface area contributed by atoms with E-state index in [2.05, 4.69) is 41.3 Å². The van der Waals surface area contributed by atoms with E-state index in [1.807, 2.05) is 0 Å². The molecule has 0 saturated heterocycles. The molecule has 0 radical (unpaired) electrons. The summed E-state index contributed by atoms with van der Waals surface area (Å²) in [5, 5.41) is 8.39. The Balaban J connectivity index is 0.000000225. The summed E-state index contributed by atoms with van der Waals surface area (Å²) in [5.74, 6) is 1.80. The zero-order valence-electron chi connectivity index (χ0n) is 13.0. The van der Waals surface area contributed by atoms with Crippen molar-refractivity contribution in [2.24, 2.45) is 5.92 Å². The fourth-order valence-electron chi connectivity index (χ4n) is 2.54. The van der Waals surface area contributed by atoms with Gasteiger partial charge < -0.3 is 9.84 Å². The Morgan fingerprint density at radius 1 is 1.24 bits per heavy atom. The van der Waals surface area contributed by atoms with Gasteiger partial charge in [0.15, 0.2) is 0 Å². The topological polar surface area (TPSA) is 32.7 Å². The maximum absolute atomic E-state index is 8.39. The zero-order valence-corrected chi connectivity index (χ0v) is 13.0. The summed E-state index contributed by atoms with van der Waals surface area (Å²) >= 11 is 0. The van der Waals surface area contributed by atoms with E-state index >= 15 is 0 Å². The number of nitrogens with zero attached hydrogens (tertiary/aromatic N) is 1. The van der Waals surface area contributed by atoms with E-state index in [9.17, 15) is 0 Å². The molecular weight excluding hydrogens is 262 g/mol. The van der Waals surface area contributed by atoms with Gasteiger partial charge >= 0.3 is 0 Å². The van der Waals surface area contributed by atoms with Crippen molar-refractivity contribution in [2.45, 2.75) is 32.2 Å². The van der Waals surface area contributed by atoms with Crippen LogP contribution in [0.5, 0.6) is 0 Å². The van der Waals surface area contributed by atoms with Crippen LogP contribution in [0.1, 0.15) is 31.2 Å². The van der Waals surface area contributed by atoms with E-state index in [1.54, 1.807) is 7.11 Å². The summed E-state index contributed by atoms with van der Waals surface area (Å²) in [6.07, 6.45) is 7.06. The average molecular weight is 289 g/mol. The first-order chi connectivity index (χ1) is 10.3. The van der Waals surface area contributed by atoms with Crippen LogP contribution < -0.4 is 0 Å². The summed E-state index contributed by atoms with van der Waals surface area (Å²) < 4.78 is 5.22. The Labute approximate surface area is 128 Å². The lowest BCUT2D eigenvalue weighted by molar-refractivity contribution is 0.163. The molecule has 0 unspecified atom stereocenters. The Bertz CT molecular complexity index is 423. The van der Waals surface area contributed by atoms with Gasteiger partial charge in [0.25, 0.3) is 0 Å². The third kappa shape index (κ3) is 5.52. The molecule has 0 aromatic heterocycles. The van der Waals surface area contributed by atoms with Crippen molar-refractivity contribution in [3.05, 3.63) is 47.7 Å². The van der Waals surface area contributed by atoms with Crippen LogP contribution >= 0.6 is 0 Å². The molecular formula is C18H27NO2. The van der Waals surface area contributed by atoms with Crippen molar-refractivity contribution in [1.82, 2.24) is 4.90 Å². The molecule has 1 saturated carbocycles. The molecule has 1 fully saturated rings.